The number of aliphatic hydroxyl groups excluding tert-OH is 3. The Morgan fingerprint density at radius 3 is 2.20 bits per heavy atom. The molecule has 3 aromatic carbocycles. The summed E-state index contributed by atoms with van der Waals surface area (Å²) >= 11 is 0. The maximum absolute atomic E-state index is 12.8. The average molecular weight is 573 g/mol. The van der Waals surface area contributed by atoms with Crippen LogP contribution in [0.15, 0.2) is 48.5 Å². The summed E-state index contributed by atoms with van der Waals surface area (Å²) in [5.41, 5.74) is 0.650. The molecule has 0 amide bonds. The zero-order valence-electron chi connectivity index (χ0n) is 21.5. The number of methoxy groups -OCH3 is 1. The molecule has 0 saturated carbocycles. The van der Waals surface area contributed by atoms with Gasteiger partial charge in [-0.1, -0.05) is 18.2 Å². The molecule has 1 fully saturated rings. The van der Waals surface area contributed by atoms with E-state index in [1.54, 1.807) is 24.3 Å². The fraction of sp³-hybridized carbons (Fsp3) is 0.250. The van der Waals surface area contributed by atoms with E-state index in [1.165, 1.54) is 31.4 Å². The topological polar surface area (TPSA) is 216 Å². The van der Waals surface area contributed by atoms with Gasteiger partial charge in [0.2, 0.25) is 6.29 Å². The summed E-state index contributed by atoms with van der Waals surface area (Å²) in [5, 5.41) is 79.8. The smallest absolute Gasteiger partial charge is 0.339 e. The third kappa shape index (κ3) is 6.56. The van der Waals surface area contributed by atoms with Gasteiger partial charge in [0.15, 0.2) is 34.9 Å². The minimum Gasteiger partial charge on any atom is -0.508 e. The van der Waals surface area contributed by atoms with Gasteiger partial charge in [-0.2, -0.15) is 0 Å². The number of carbonyl (C=O) groups excluding carboxylic acids is 1. The number of benzene rings is 3. The Bertz CT molecular complexity index is 1410. The van der Waals surface area contributed by atoms with Crippen LogP contribution < -0.4 is 9.47 Å². The number of rotatable bonds is 8. The van der Waals surface area contributed by atoms with E-state index < -0.39 is 66.1 Å². The van der Waals surface area contributed by atoms with Gasteiger partial charge in [-0.3, -0.25) is 0 Å². The van der Waals surface area contributed by atoms with Gasteiger partial charge in [-0.25, -0.2) is 4.79 Å². The average Bonchev–Trinajstić information content (AvgIpc) is 2.93. The maximum atomic E-state index is 12.8. The second kappa shape index (κ2) is 12.2. The van der Waals surface area contributed by atoms with E-state index in [0.717, 1.165) is 12.1 Å². The standard InChI is InChI=1S/C28H28O13/c1-38-21-5-4-13(8-18(21)31)2-3-14-6-16(30)11-17(7-14)39-28-26(25(36)24(35)22(12-29)40-28)41-27(37)15-9-19(32)23(34)20(33)10-15/h2-11,22,24-26,28-36H,12H2,1H3/t22-,24-,25+,26-,28-/m1/s1. The highest BCUT2D eigenvalue weighted by Gasteiger charge is 2.48. The van der Waals surface area contributed by atoms with Crippen LogP contribution in [0, 0.1) is 0 Å². The molecular weight excluding hydrogens is 544 g/mol. The van der Waals surface area contributed by atoms with E-state index in [1.807, 2.05) is 0 Å². The summed E-state index contributed by atoms with van der Waals surface area (Å²) in [7, 11) is 1.42. The molecule has 13 nitrogen and oxygen atoms in total. The molecule has 0 bridgehead atoms. The van der Waals surface area contributed by atoms with Crippen LogP contribution in [0.3, 0.4) is 0 Å². The largest absolute Gasteiger partial charge is 0.508 e. The monoisotopic (exact) mass is 572 g/mol. The Kier molecular flexibility index (Phi) is 8.74. The minimum atomic E-state index is -1.81. The molecule has 1 heterocycles. The highest BCUT2D eigenvalue weighted by atomic mass is 16.7. The van der Waals surface area contributed by atoms with E-state index in [9.17, 15) is 45.6 Å². The normalized spacial score (nSPS) is 22.4. The predicted molar refractivity (Wildman–Crippen MR) is 141 cm³/mol. The zero-order chi connectivity index (χ0) is 29.8. The number of aromatic hydroxyl groups is 5. The lowest BCUT2D eigenvalue weighted by Gasteiger charge is -2.41. The van der Waals surface area contributed by atoms with Crippen molar-refractivity contribution in [3.8, 4) is 40.2 Å². The number of hydrogen-bond acceptors (Lipinski definition) is 13. The molecular formula is C28H28O13. The second-order valence-corrected chi connectivity index (χ2v) is 9.08. The first-order valence-corrected chi connectivity index (χ1v) is 12.1. The summed E-state index contributed by atoms with van der Waals surface area (Å²) < 4.78 is 21.6. The van der Waals surface area contributed by atoms with Gasteiger partial charge < -0.3 is 59.8 Å². The quantitative estimate of drug-likeness (QED) is 0.109. The molecule has 3 aromatic rings. The van der Waals surface area contributed by atoms with Crippen LogP contribution in [-0.4, -0.2) is 91.2 Å². The highest BCUT2D eigenvalue weighted by molar-refractivity contribution is 5.91. The van der Waals surface area contributed by atoms with E-state index in [-0.39, 0.29) is 17.2 Å². The van der Waals surface area contributed by atoms with Crippen LogP contribution in [0.25, 0.3) is 12.2 Å². The lowest BCUT2D eigenvalue weighted by molar-refractivity contribution is -0.276. The Morgan fingerprint density at radius 2 is 1.56 bits per heavy atom. The highest BCUT2D eigenvalue weighted by Crippen LogP contribution is 2.36. The molecule has 8 N–H and O–H groups in total. The van der Waals surface area contributed by atoms with Crippen LogP contribution in [0.5, 0.6) is 40.2 Å². The van der Waals surface area contributed by atoms with Crippen molar-refractivity contribution < 1.29 is 64.6 Å². The molecule has 0 radical (unpaired) electrons. The van der Waals surface area contributed by atoms with Crippen molar-refractivity contribution in [1.29, 1.82) is 0 Å². The molecule has 41 heavy (non-hydrogen) atoms. The molecule has 5 atom stereocenters. The summed E-state index contributed by atoms with van der Waals surface area (Å²) in [6, 6.07) is 10.5. The molecule has 4 rings (SSSR count). The lowest BCUT2D eigenvalue weighted by Crippen LogP contribution is -2.61. The maximum Gasteiger partial charge on any atom is 0.339 e. The Balaban J connectivity index is 1.58. The third-order valence-corrected chi connectivity index (χ3v) is 6.21. The van der Waals surface area contributed by atoms with Crippen LogP contribution in [0.1, 0.15) is 21.5 Å². The Hall–Kier alpha value is -4.69. The van der Waals surface area contributed by atoms with Crippen molar-refractivity contribution in [3.05, 3.63) is 65.2 Å². The van der Waals surface area contributed by atoms with Crippen molar-refractivity contribution in [2.24, 2.45) is 0 Å². The van der Waals surface area contributed by atoms with Gasteiger partial charge in [0.1, 0.15) is 29.8 Å². The van der Waals surface area contributed by atoms with E-state index in [0.29, 0.717) is 16.9 Å². The van der Waals surface area contributed by atoms with Crippen LogP contribution in [-0.2, 0) is 9.47 Å². The first-order valence-electron chi connectivity index (χ1n) is 12.1. The SMILES string of the molecule is COc1ccc(C=Cc2cc(O)cc(O[C@@H]3O[C@H](CO)[C@@H](O)[C@H](O)[C@H]3OC(=O)c3cc(O)c(O)c(O)c3)c2)cc1O. The van der Waals surface area contributed by atoms with Crippen LogP contribution >= 0.6 is 0 Å². The van der Waals surface area contributed by atoms with Gasteiger partial charge in [0, 0.05) is 6.07 Å². The fourth-order valence-corrected chi connectivity index (χ4v) is 4.10. The summed E-state index contributed by atoms with van der Waals surface area (Å²) in [6.45, 7) is -0.721. The van der Waals surface area contributed by atoms with Crippen LogP contribution in [0.2, 0.25) is 0 Å². The van der Waals surface area contributed by atoms with Gasteiger partial charge in [-0.05, 0) is 47.5 Å². The number of phenolic OH excluding ortho intramolecular Hbond substituents is 5. The van der Waals surface area contributed by atoms with E-state index in [4.69, 9.17) is 18.9 Å². The molecule has 0 unspecified atom stereocenters. The molecule has 13 heteroatoms. The lowest BCUT2D eigenvalue weighted by atomic mass is 9.99. The number of carbonyl (C=O) groups is 1. The first-order chi connectivity index (χ1) is 19.5. The molecule has 0 aromatic heterocycles. The summed E-state index contributed by atoms with van der Waals surface area (Å²) in [6.07, 6.45) is -4.88. The van der Waals surface area contributed by atoms with Crippen LogP contribution in [0.4, 0.5) is 0 Å². The molecule has 0 aliphatic carbocycles. The van der Waals surface area contributed by atoms with Crippen molar-refractivity contribution >= 4 is 18.1 Å². The second-order valence-electron chi connectivity index (χ2n) is 9.08. The van der Waals surface area contributed by atoms with E-state index >= 15 is 0 Å². The molecule has 1 saturated heterocycles. The van der Waals surface area contributed by atoms with Crippen molar-refractivity contribution in [2.45, 2.75) is 30.7 Å². The molecule has 218 valence electrons. The fourth-order valence-electron chi connectivity index (χ4n) is 4.10. The number of hydrogen-bond donors (Lipinski definition) is 8. The molecule has 1 aliphatic heterocycles. The Morgan fingerprint density at radius 1 is 0.878 bits per heavy atom. The van der Waals surface area contributed by atoms with Crippen molar-refractivity contribution in [3.63, 3.8) is 0 Å². The van der Waals surface area contributed by atoms with Gasteiger partial charge in [-0.15, -0.1) is 0 Å². The van der Waals surface area contributed by atoms with Crippen molar-refractivity contribution in [2.75, 3.05) is 13.7 Å². The van der Waals surface area contributed by atoms with Gasteiger partial charge in [0.05, 0.1) is 19.3 Å². The van der Waals surface area contributed by atoms with Crippen molar-refractivity contribution in [1.82, 2.24) is 0 Å². The first kappa shape index (κ1) is 29.3. The Labute approximate surface area is 232 Å². The summed E-state index contributed by atoms with van der Waals surface area (Å²) in [4.78, 5) is 12.8. The number of esters is 1. The van der Waals surface area contributed by atoms with Gasteiger partial charge >= 0.3 is 5.97 Å². The molecule has 1 aliphatic rings. The number of phenols is 5. The zero-order valence-corrected chi connectivity index (χ0v) is 21.5. The number of aliphatic hydroxyl groups is 3. The third-order valence-electron chi connectivity index (χ3n) is 6.21. The minimum absolute atomic E-state index is 0.00604. The van der Waals surface area contributed by atoms with Gasteiger partial charge in [0.25, 0.3) is 0 Å². The predicted octanol–water partition coefficient (Wildman–Crippen LogP) is 1.44. The van der Waals surface area contributed by atoms with E-state index in [2.05, 4.69) is 0 Å². The number of ether oxygens (including phenoxy) is 4. The summed E-state index contributed by atoms with van der Waals surface area (Å²) in [5.74, 6) is -3.67. The molecule has 0 spiro atoms.